The van der Waals surface area contributed by atoms with Crippen molar-refractivity contribution in [3.05, 3.63) is 48.5 Å². The Kier molecular flexibility index (Phi) is 6.81. The first kappa shape index (κ1) is 20.6. The summed E-state index contributed by atoms with van der Waals surface area (Å²) in [5.74, 6) is 1.54. The van der Waals surface area contributed by atoms with Gasteiger partial charge in [-0.25, -0.2) is 4.98 Å². The number of fused-ring (bicyclic) bond motifs is 1. The molecule has 6 nitrogen and oxygen atoms in total. The Morgan fingerprint density at radius 2 is 1.83 bits per heavy atom. The second-order valence-electron chi connectivity index (χ2n) is 7.24. The number of ether oxygens (including phenoxy) is 3. The Morgan fingerprint density at radius 3 is 2.57 bits per heavy atom. The van der Waals surface area contributed by atoms with Crippen molar-refractivity contribution in [2.24, 2.45) is 5.92 Å². The molecule has 158 valence electrons. The number of benzene rings is 2. The molecule has 1 fully saturated rings. The number of hydrogen-bond acceptors (Lipinski definition) is 7. The molecule has 1 aromatic heterocycles. The summed E-state index contributed by atoms with van der Waals surface area (Å²) in [6, 6.07) is 15.6. The van der Waals surface area contributed by atoms with E-state index < -0.39 is 0 Å². The molecule has 0 saturated carbocycles. The lowest BCUT2D eigenvalue weighted by atomic mass is 9.97. The number of aromatic nitrogens is 1. The Morgan fingerprint density at radius 1 is 1.10 bits per heavy atom. The van der Waals surface area contributed by atoms with E-state index >= 15 is 0 Å². The van der Waals surface area contributed by atoms with Crippen molar-refractivity contribution in [3.8, 4) is 16.7 Å². The van der Waals surface area contributed by atoms with Crippen LogP contribution in [0.3, 0.4) is 0 Å². The zero-order valence-electron chi connectivity index (χ0n) is 17.1. The van der Waals surface area contributed by atoms with Crippen molar-refractivity contribution in [2.75, 3.05) is 32.8 Å². The molecule has 7 heteroatoms. The van der Waals surface area contributed by atoms with Crippen LogP contribution in [0.25, 0.3) is 10.2 Å². The molecule has 2 heterocycles. The largest absolute Gasteiger partial charge is 0.492 e. The second kappa shape index (κ2) is 9.91. The van der Waals surface area contributed by atoms with Gasteiger partial charge in [-0.1, -0.05) is 23.5 Å². The van der Waals surface area contributed by atoms with Crippen molar-refractivity contribution < 1.29 is 19.0 Å². The number of nitrogens with zero attached hydrogens (tertiary/aromatic N) is 2. The molecule has 0 atom stereocenters. The van der Waals surface area contributed by atoms with E-state index in [1.165, 1.54) is 11.3 Å². The maximum atomic E-state index is 11.8. The molecule has 1 aliphatic heterocycles. The van der Waals surface area contributed by atoms with Crippen molar-refractivity contribution >= 4 is 27.5 Å². The Labute approximate surface area is 180 Å². The van der Waals surface area contributed by atoms with Crippen LogP contribution >= 0.6 is 11.3 Å². The second-order valence-corrected chi connectivity index (χ2v) is 8.23. The predicted octanol–water partition coefficient (Wildman–Crippen LogP) is 4.74. The Bertz CT molecular complexity index is 932. The number of thiazole rings is 1. The standard InChI is InChI=1S/C23H26N2O4S/c1-2-27-22(26)17-11-13-25(14-12-17)15-16-28-18-7-9-19(10-8-18)29-23-24-20-5-3-4-6-21(20)30-23/h3-10,17H,2,11-16H2,1H3. The zero-order chi connectivity index (χ0) is 20.8. The van der Waals surface area contributed by atoms with Crippen LogP contribution in [0, 0.1) is 5.92 Å². The van der Waals surface area contributed by atoms with Crippen LogP contribution in [-0.2, 0) is 9.53 Å². The first-order chi connectivity index (χ1) is 14.7. The third-order valence-corrected chi connectivity index (χ3v) is 6.10. The quantitative estimate of drug-likeness (QED) is 0.485. The minimum absolute atomic E-state index is 0.0464. The minimum atomic E-state index is -0.0541. The van der Waals surface area contributed by atoms with Crippen molar-refractivity contribution in [2.45, 2.75) is 19.8 Å². The minimum Gasteiger partial charge on any atom is -0.492 e. The van der Waals surface area contributed by atoms with E-state index in [2.05, 4.69) is 9.88 Å². The molecule has 0 spiro atoms. The maximum absolute atomic E-state index is 11.8. The number of piperidine rings is 1. The van der Waals surface area contributed by atoms with E-state index in [0.29, 0.717) is 18.4 Å². The van der Waals surface area contributed by atoms with E-state index in [9.17, 15) is 4.79 Å². The van der Waals surface area contributed by atoms with E-state index in [1.54, 1.807) is 0 Å². The van der Waals surface area contributed by atoms with E-state index in [1.807, 2.05) is 55.5 Å². The molecular formula is C23H26N2O4S. The summed E-state index contributed by atoms with van der Waals surface area (Å²) in [6.45, 7) is 5.58. The first-order valence-corrected chi connectivity index (χ1v) is 11.2. The normalized spacial score (nSPS) is 15.2. The molecule has 3 aromatic rings. The van der Waals surface area contributed by atoms with Gasteiger partial charge in [0.25, 0.3) is 5.19 Å². The van der Waals surface area contributed by atoms with E-state index in [-0.39, 0.29) is 11.9 Å². The highest BCUT2D eigenvalue weighted by Gasteiger charge is 2.25. The molecule has 0 N–H and O–H groups in total. The third kappa shape index (κ3) is 5.29. The van der Waals surface area contributed by atoms with Crippen LogP contribution in [0.2, 0.25) is 0 Å². The van der Waals surface area contributed by atoms with Gasteiger partial charge in [0.05, 0.1) is 22.7 Å². The fraction of sp³-hybridized carbons (Fsp3) is 0.391. The Balaban J connectivity index is 1.20. The molecule has 1 aliphatic rings. The summed E-state index contributed by atoms with van der Waals surface area (Å²) in [7, 11) is 0. The van der Waals surface area contributed by atoms with Crippen LogP contribution in [0.4, 0.5) is 0 Å². The number of carbonyl (C=O) groups is 1. The lowest BCUT2D eigenvalue weighted by molar-refractivity contribution is -0.149. The van der Waals surface area contributed by atoms with Gasteiger partial charge in [0.15, 0.2) is 0 Å². The summed E-state index contributed by atoms with van der Waals surface area (Å²) in [5, 5.41) is 0.635. The van der Waals surface area contributed by atoms with Gasteiger partial charge >= 0.3 is 5.97 Å². The van der Waals surface area contributed by atoms with Gasteiger partial charge in [-0.05, 0) is 69.3 Å². The number of rotatable bonds is 8. The summed E-state index contributed by atoms with van der Waals surface area (Å²) in [6.07, 6.45) is 1.72. The molecule has 0 bridgehead atoms. The molecule has 0 amide bonds. The third-order valence-electron chi connectivity index (χ3n) is 5.19. The highest BCUT2D eigenvalue weighted by Crippen LogP contribution is 2.31. The highest BCUT2D eigenvalue weighted by atomic mass is 32.1. The molecule has 30 heavy (non-hydrogen) atoms. The highest BCUT2D eigenvalue weighted by molar-refractivity contribution is 7.20. The van der Waals surface area contributed by atoms with Crippen LogP contribution in [0.15, 0.2) is 48.5 Å². The van der Waals surface area contributed by atoms with Gasteiger partial charge in [0.1, 0.15) is 18.1 Å². The summed E-state index contributed by atoms with van der Waals surface area (Å²) in [4.78, 5) is 18.6. The average Bonchev–Trinajstić information content (AvgIpc) is 3.18. The van der Waals surface area contributed by atoms with Gasteiger partial charge < -0.3 is 14.2 Å². The molecule has 0 radical (unpaired) electrons. The number of para-hydroxylation sites is 1. The van der Waals surface area contributed by atoms with E-state index in [4.69, 9.17) is 14.2 Å². The topological polar surface area (TPSA) is 60.9 Å². The SMILES string of the molecule is CCOC(=O)C1CCN(CCOc2ccc(Oc3nc4ccccc4s3)cc2)CC1. The molecule has 4 rings (SSSR count). The van der Waals surface area contributed by atoms with Crippen LogP contribution in [-0.4, -0.2) is 48.7 Å². The maximum Gasteiger partial charge on any atom is 0.309 e. The smallest absolute Gasteiger partial charge is 0.309 e. The summed E-state index contributed by atoms with van der Waals surface area (Å²) in [5.41, 5.74) is 0.948. The van der Waals surface area contributed by atoms with Gasteiger partial charge in [-0.2, -0.15) is 0 Å². The van der Waals surface area contributed by atoms with Crippen LogP contribution in [0.1, 0.15) is 19.8 Å². The number of esters is 1. The van der Waals surface area contributed by atoms with Crippen molar-refractivity contribution in [3.63, 3.8) is 0 Å². The zero-order valence-corrected chi connectivity index (χ0v) is 17.9. The van der Waals surface area contributed by atoms with Gasteiger partial charge in [-0.3, -0.25) is 9.69 Å². The summed E-state index contributed by atoms with van der Waals surface area (Å²) >= 11 is 1.53. The van der Waals surface area contributed by atoms with Gasteiger partial charge in [-0.15, -0.1) is 0 Å². The van der Waals surface area contributed by atoms with E-state index in [0.717, 1.165) is 54.2 Å². The molecular weight excluding hydrogens is 400 g/mol. The lowest BCUT2D eigenvalue weighted by Crippen LogP contribution is -2.39. The van der Waals surface area contributed by atoms with Crippen LogP contribution in [0.5, 0.6) is 16.7 Å². The predicted molar refractivity (Wildman–Crippen MR) is 117 cm³/mol. The lowest BCUT2D eigenvalue weighted by Gasteiger charge is -2.30. The number of likely N-dealkylation sites (tertiary alicyclic amines) is 1. The average molecular weight is 427 g/mol. The molecule has 1 saturated heterocycles. The Hall–Kier alpha value is -2.64. The summed E-state index contributed by atoms with van der Waals surface area (Å²) < 4.78 is 18.0. The molecule has 0 aliphatic carbocycles. The van der Waals surface area contributed by atoms with Crippen molar-refractivity contribution in [1.82, 2.24) is 9.88 Å². The number of hydrogen-bond donors (Lipinski definition) is 0. The fourth-order valence-electron chi connectivity index (χ4n) is 3.54. The fourth-order valence-corrected chi connectivity index (χ4v) is 4.38. The molecule has 2 aromatic carbocycles. The first-order valence-electron chi connectivity index (χ1n) is 10.4. The van der Waals surface area contributed by atoms with Gasteiger partial charge in [0, 0.05) is 6.54 Å². The van der Waals surface area contributed by atoms with Crippen LogP contribution < -0.4 is 9.47 Å². The number of carbonyl (C=O) groups excluding carboxylic acids is 1. The van der Waals surface area contributed by atoms with Gasteiger partial charge in [0.2, 0.25) is 0 Å². The van der Waals surface area contributed by atoms with Crippen molar-refractivity contribution in [1.29, 1.82) is 0 Å². The molecule has 0 unspecified atom stereocenters. The monoisotopic (exact) mass is 426 g/mol.